The summed E-state index contributed by atoms with van der Waals surface area (Å²) in [5.74, 6) is 0.856. The molecular formula is C14H23N3. The zero-order chi connectivity index (χ0) is 12.5. The second kappa shape index (κ2) is 4.55. The Morgan fingerprint density at radius 3 is 2.59 bits per heavy atom. The van der Waals surface area contributed by atoms with E-state index in [0.717, 1.165) is 17.2 Å². The molecule has 3 heteroatoms. The number of aromatic nitrogens is 1. The van der Waals surface area contributed by atoms with E-state index in [2.05, 4.69) is 24.1 Å². The van der Waals surface area contributed by atoms with Gasteiger partial charge in [-0.25, -0.2) is 4.98 Å². The van der Waals surface area contributed by atoms with Crippen LogP contribution in [0.3, 0.4) is 0 Å². The Morgan fingerprint density at radius 2 is 1.94 bits per heavy atom. The minimum Gasteiger partial charge on any atom is -0.396 e. The van der Waals surface area contributed by atoms with Crippen molar-refractivity contribution < 1.29 is 0 Å². The Labute approximate surface area is 104 Å². The van der Waals surface area contributed by atoms with Gasteiger partial charge in [-0.15, -0.1) is 0 Å². The predicted molar refractivity (Wildman–Crippen MR) is 73.0 cm³/mol. The molecule has 1 aromatic rings. The van der Waals surface area contributed by atoms with Crippen LogP contribution in [-0.4, -0.2) is 11.0 Å². The third kappa shape index (κ3) is 3.11. The zero-order valence-corrected chi connectivity index (χ0v) is 11.1. The van der Waals surface area contributed by atoms with E-state index in [0.29, 0.717) is 11.5 Å². The molecule has 0 aliphatic heterocycles. The lowest BCUT2D eigenvalue weighted by Crippen LogP contribution is -2.30. The van der Waals surface area contributed by atoms with E-state index in [1.54, 1.807) is 0 Å². The van der Waals surface area contributed by atoms with Gasteiger partial charge in [0, 0.05) is 11.7 Å². The van der Waals surface area contributed by atoms with E-state index < -0.39 is 0 Å². The van der Waals surface area contributed by atoms with Gasteiger partial charge in [-0.1, -0.05) is 13.8 Å². The van der Waals surface area contributed by atoms with Crippen molar-refractivity contribution >= 4 is 11.5 Å². The summed E-state index contributed by atoms with van der Waals surface area (Å²) < 4.78 is 0. The molecule has 0 amide bonds. The predicted octanol–water partition coefficient (Wildman–Crippen LogP) is 3.35. The van der Waals surface area contributed by atoms with Gasteiger partial charge in [0.2, 0.25) is 0 Å². The van der Waals surface area contributed by atoms with Gasteiger partial charge in [0.25, 0.3) is 0 Å². The van der Waals surface area contributed by atoms with Crippen molar-refractivity contribution in [2.75, 3.05) is 11.1 Å². The van der Waals surface area contributed by atoms with E-state index >= 15 is 0 Å². The average molecular weight is 233 g/mol. The van der Waals surface area contributed by atoms with Crippen LogP contribution in [0.15, 0.2) is 12.1 Å². The van der Waals surface area contributed by atoms with Crippen molar-refractivity contribution in [2.24, 2.45) is 5.41 Å². The maximum Gasteiger partial charge on any atom is 0.149 e. The highest BCUT2D eigenvalue weighted by atomic mass is 15.0. The number of anilines is 2. The molecular weight excluding hydrogens is 210 g/mol. The van der Waals surface area contributed by atoms with Gasteiger partial charge in [0.1, 0.15) is 5.82 Å². The molecule has 1 aliphatic carbocycles. The average Bonchev–Trinajstić information content (AvgIpc) is 2.26. The molecule has 1 aliphatic rings. The Bertz CT molecular complexity index is 388. The minimum atomic E-state index is 0.504. The summed E-state index contributed by atoms with van der Waals surface area (Å²) in [4.78, 5) is 4.47. The first-order valence-electron chi connectivity index (χ1n) is 6.46. The lowest BCUT2D eigenvalue weighted by molar-refractivity contribution is 0.232. The van der Waals surface area contributed by atoms with E-state index in [9.17, 15) is 0 Å². The van der Waals surface area contributed by atoms with Crippen LogP contribution in [0.25, 0.3) is 0 Å². The number of hydrogen-bond donors (Lipinski definition) is 2. The van der Waals surface area contributed by atoms with Gasteiger partial charge in [-0.05, 0) is 50.2 Å². The van der Waals surface area contributed by atoms with Crippen LogP contribution in [0.1, 0.15) is 45.2 Å². The van der Waals surface area contributed by atoms with Crippen molar-refractivity contribution in [1.29, 1.82) is 0 Å². The van der Waals surface area contributed by atoms with Gasteiger partial charge in [0.05, 0.1) is 5.69 Å². The summed E-state index contributed by atoms with van der Waals surface area (Å²) in [6.45, 7) is 6.69. The highest BCUT2D eigenvalue weighted by molar-refractivity contribution is 5.61. The number of pyridine rings is 1. The normalized spacial score (nSPS) is 20.2. The Morgan fingerprint density at radius 1 is 1.29 bits per heavy atom. The number of nitrogens with zero attached hydrogens (tertiary/aromatic N) is 1. The highest BCUT2D eigenvalue weighted by Gasteiger charge is 2.27. The van der Waals surface area contributed by atoms with Crippen molar-refractivity contribution in [1.82, 2.24) is 4.98 Å². The maximum absolute atomic E-state index is 5.93. The summed E-state index contributed by atoms with van der Waals surface area (Å²) >= 11 is 0. The van der Waals surface area contributed by atoms with Gasteiger partial charge in [-0.3, -0.25) is 0 Å². The Kier molecular flexibility index (Phi) is 3.27. The fourth-order valence-corrected chi connectivity index (χ4v) is 2.42. The summed E-state index contributed by atoms with van der Waals surface area (Å²) in [5, 5.41) is 3.49. The molecule has 0 aromatic carbocycles. The van der Waals surface area contributed by atoms with Crippen LogP contribution >= 0.6 is 0 Å². The van der Waals surface area contributed by atoms with Crippen LogP contribution in [0, 0.1) is 12.3 Å². The molecule has 0 spiro atoms. The quantitative estimate of drug-likeness (QED) is 0.823. The standard InChI is InChI=1S/C14H23N3/c1-10-4-5-12(15)13(16-10)17-11-6-8-14(2,3)9-7-11/h4-5,11H,6-9,15H2,1-3H3,(H,16,17). The zero-order valence-electron chi connectivity index (χ0n) is 11.1. The summed E-state index contributed by atoms with van der Waals surface area (Å²) in [6.07, 6.45) is 4.97. The molecule has 17 heavy (non-hydrogen) atoms. The Hall–Kier alpha value is -1.25. The van der Waals surface area contributed by atoms with Crippen molar-refractivity contribution in [3.8, 4) is 0 Å². The molecule has 3 N–H and O–H groups in total. The molecule has 0 bridgehead atoms. The van der Waals surface area contributed by atoms with Crippen molar-refractivity contribution in [3.05, 3.63) is 17.8 Å². The van der Waals surface area contributed by atoms with Gasteiger partial charge in [-0.2, -0.15) is 0 Å². The van der Waals surface area contributed by atoms with E-state index in [1.807, 2.05) is 19.1 Å². The molecule has 2 rings (SSSR count). The molecule has 0 saturated heterocycles. The van der Waals surface area contributed by atoms with Crippen molar-refractivity contribution in [3.63, 3.8) is 0 Å². The van der Waals surface area contributed by atoms with Gasteiger partial charge < -0.3 is 11.1 Å². The van der Waals surface area contributed by atoms with E-state index in [-0.39, 0.29) is 0 Å². The van der Waals surface area contributed by atoms with Crippen LogP contribution in [0.4, 0.5) is 11.5 Å². The number of nitrogens with one attached hydrogen (secondary N) is 1. The Balaban J connectivity index is 2.00. The molecule has 1 heterocycles. The van der Waals surface area contributed by atoms with E-state index in [4.69, 9.17) is 5.73 Å². The maximum atomic E-state index is 5.93. The summed E-state index contributed by atoms with van der Waals surface area (Å²) in [6, 6.07) is 4.40. The molecule has 0 radical (unpaired) electrons. The molecule has 0 unspecified atom stereocenters. The van der Waals surface area contributed by atoms with E-state index in [1.165, 1.54) is 25.7 Å². The number of nitrogens with two attached hydrogens (primary N) is 1. The molecule has 1 aromatic heterocycles. The number of nitrogen functional groups attached to an aromatic ring is 1. The van der Waals surface area contributed by atoms with Crippen LogP contribution in [0.5, 0.6) is 0 Å². The van der Waals surface area contributed by atoms with Gasteiger partial charge in [0.15, 0.2) is 0 Å². The van der Waals surface area contributed by atoms with Crippen LogP contribution in [-0.2, 0) is 0 Å². The fourth-order valence-electron chi connectivity index (χ4n) is 2.42. The second-order valence-electron chi connectivity index (χ2n) is 5.97. The third-order valence-corrected chi connectivity index (χ3v) is 3.75. The molecule has 0 atom stereocenters. The number of rotatable bonds is 2. The number of aryl methyl sites for hydroxylation is 1. The smallest absolute Gasteiger partial charge is 0.149 e. The topological polar surface area (TPSA) is 50.9 Å². The fraction of sp³-hybridized carbons (Fsp3) is 0.643. The summed E-state index contributed by atoms with van der Waals surface area (Å²) in [5.41, 5.74) is 8.20. The molecule has 3 nitrogen and oxygen atoms in total. The first-order chi connectivity index (χ1) is 7.96. The van der Waals surface area contributed by atoms with Crippen LogP contribution < -0.4 is 11.1 Å². The SMILES string of the molecule is Cc1ccc(N)c(NC2CCC(C)(C)CC2)n1. The lowest BCUT2D eigenvalue weighted by Gasteiger charge is -2.35. The molecule has 1 saturated carbocycles. The summed E-state index contributed by atoms with van der Waals surface area (Å²) in [7, 11) is 0. The third-order valence-electron chi connectivity index (χ3n) is 3.75. The second-order valence-corrected chi connectivity index (χ2v) is 5.97. The first kappa shape index (κ1) is 12.2. The molecule has 94 valence electrons. The minimum absolute atomic E-state index is 0.504. The highest BCUT2D eigenvalue weighted by Crippen LogP contribution is 2.36. The number of hydrogen-bond acceptors (Lipinski definition) is 3. The van der Waals surface area contributed by atoms with Crippen molar-refractivity contribution in [2.45, 2.75) is 52.5 Å². The monoisotopic (exact) mass is 233 g/mol. The van der Waals surface area contributed by atoms with Crippen LogP contribution in [0.2, 0.25) is 0 Å². The first-order valence-corrected chi connectivity index (χ1v) is 6.46. The van der Waals surface area contributed by atoms with Gasteiger partial charge >= 0.3 is 0 Å². The lowest BCUT2D eigenvalue weighted by atomic mass is 9.75. The largest absolute Gasteiger partial charge is 0.396 e. The molecule has 1 fully saturated rings.